The number of aromatic carboxylic acids is 1. The van der Waals surface area contributed by atoms with Crippen molar-refractivity contribution in [1.29, 1.82) is 0 Å². The van der Waals surface area contributed by atoms with Gasteiger partial charge in [0.15, 0.2) is 0 Å². The fourth-order valence-electron chi connectivity index (χ4n) is 3.92. The highest BCUT2D eigenvalue weighted by Gasteiger charge is 2.23. The number of benzene rings is 2. The van der Waals surface area contributed by atoms with Crippen LogP contribution in [0.4, 0.5) is 10.1 Å². The lowest BCUT2D eigenvalue weighted by molar-refractivity contribution is 0.0691. The van der Waals surface area contributed by atoms with Crippen LogP contribution in [-0.2, 0) is 0 Å². The second-order valence-corrected chi connectivity index (χ2v) is 10.7. The van der Waals surface area contributed by atoms with Gasteiger partial charge in [0.25, 0.3) is 0 Å². The van der Waals surface area contributed by atoms with E-state index in [4.69, 9.17) is 14.6 Å². The summed E-state index contributed by atoms with van der Waals surface area (Å²) in [5.41, 5.74) is 3.62. The van der Waals surface area contributed by atoms with Crippen molar-refractivity contribution in [3.63, 3.8) is 0 Å². The Labute approximate surface area is 212 Å². The lowest BCUT2D eigenvalue weighted by Crippen LogP contribution is -2.14. The molecule has 0 bridgehead atoms. The Morgan fingerprint density at radius 2 is 1.97 bits per heavy atom. The van der Waals surface area contributed by atoms with E-state index in [2.05, 4.69) is 41.8 Å². The molecule has 1 aliphatic carbocycles. The Kier molecular flexibility index (Phi) is 7.37. The van der Waals surface area contributed by atoms with E-state index in [-0.39, 0.29) is 5.75 Å². The Bertz CT molecular complexity index is 1290. The van der Waals surface area contributed by atoms with Gasteiger partial charge in [0.05, 0.1) is 25.5 Å². The minimum Gasteiger partial charge on any atom is -0.496 e. The molecule has 1 heterocycles. The highest BCUT2D eigenvalue weighted by molar-refractivity contribution is 8.00. The van der Waals surface area contributed by atoms with Crippen LogP contribution < -0.4 is 14.2 Å². The molecule has 1 aliphatic rings. The van der Waals surface area contributed by atoms with Crippen molar-refractivity contribution in [2.75, 3.05) is 18.9 Å². The molecule has 35 heavy (non-hydrogen) atoms. The van der Waals surface area contributed by atoms with Crippen molar-refractivity contribution in [1.82, 2.24) is 4.98 Å². The van der Waals surface area contributed by atoms with Crippen LogP contribution in [-0.4, -0.2) is 30.3 Å². The number of thiazole rings is 1. The predicted molar refractivity (Wildman–Crippen MR) is 139 cm³/mol. The molecule has 0 radical (unpaired) electrons. The summed E-state index contributed by atoms with van der Waals surface area (Å²) in [7, 11) is 3.09. The fourth-order valence-corrected chi connectivity index (χ4v) is 5.51. The van der Waals surface area contributed by atoms with Gasteiger partial charge < -0.3 is 19.3 Å². The number of methoxy groups -OCH3 is 2. The van der Waals surface area contributed by atoms with Crippen molar-refractivity contribution in [3.8, 4) is 22.1 Å². The van der Waals surface area contributed by atoms with Gasteiger partial charge in [-0.15, -0.1) is 11.3 Å². The van der Waals surface area contributed by atoms with Crippen molar-refractivity contribution in [3.05, 3.63) is 58.7 Å². The molecule has 0 fully saturated rings. The highest BCUT2D eigenvalue weighted by Crippen LogP contribution is 2.42. The molecule has 0 amide bonds. The molecule has 0 saturated carbocycles. The van der Waals surface area contributed by atoms with Crippen LogP contribution in [0.5, 0.6) is 11.5 Å². The van der Waals surface area contributed by atoms with Gasteiger partial charge in [-0.05, 0) is 42.4 Å². The van der Waals surface area contributed by atoms with E-state index in [0.717, 1.165) is 53.3 Å². The third-order valence-electron chi connectivity index (χ3n) is 6.03. The van der Waals surface area contributed by atoms with E-state index in [9.17, 15) is 9.18 Å². The molecule has 9 heteroatoms. The van der Waals surface area contributed by atoms with E-state index < -0.39 is 17.3 Å². The molecule has 184 valence electrons. The van der Waals surface area contributed by atoms with E-state index in [1.807, 2.05) is 11.4 Å². The molecule has 6 nitrogen and oxygen atoms in total. The standard InChI is InChI=1S/C26H27FN2O4S2/c1-26(2)9-7-15(8-10-26)17-6-5-16(11-21(17)32-3)24-28-23(14-34-24)35-29-20-13-19(27)18(25(30)31)12-22(20)33-4/h5-7,11-14,29H,8-10H2,1-4H3,(H,30,31). The normalized spacial score (nSPS) is 14.8. The van der Waals surface area contributed by atoms with Gasteiger partial charge in [-0.25, -0.2) is 14.2 Å². The zero-order chi connectivity index (χ0) is 25.2. The summed E-state index contributed by atoms with van der Waals surface area (Å²) < 4.78 is 28.1. The van der Waals surface area contributed by atoms with Crippen molar-refractivity contribution in [2.45, 2.75) is 38.1 Å². The number of nitrogens with one attached hydrogen (secondary N) is 1. The number of allylic oxidation sites excluding steroid dienone is 2. The molecule has 2 N–H and O–H groups in total. The summed E-state index contributed by atoms with van der Waals surface area (Å²) in [5, 5.41) is 12.5. The number of nitrogens with zero attached hydrogens (tertiary/aromatic N) is 1. The quantitative estimate of drug-likeness (QED) is 0.304. The first-order chi connectivity index (χ1) is 16.7. The molecule has 3 aromatic rings. The summed E-state index contributed by atoms with van der Waals surface area (Å²) in [6.45, 7) is 4.59. The first kappa shape index (κ1) is 25.1. The molecule has 0 spiro atoms. The Balaban J connectivity index is 1.51. The van der Waals surface area contributed by atoms with E-state index in [1.54, 1.807) is 7.11 Å². The fraction of sp³-hybridized carbons (Fsp3) is 0.308. The smallest absolute Gasteiger partial charge is 0.338 e. The van der Waals surface area contributed by atoms with Crippen LogP contribution >= 0.6 is 23.3 Å². The maximum atomic E-state index is 14.1. The molecule has 4 rings (SSSR count). The molecule has 0 unspecified atom stereocenters. The SMILES string of the molecule is COc1cc(C(=O)O)c(F)cc1NSc1csc(-c2ccc(C3=CCC(C)(C)CC3)c(OC)c2)n1. The highest BCUT2D eigenvalue weighted by atomic mass is 32.2. The van der Waals surface area contributed by atoms with Crippen molar-refractivity contribution < 1.29 is 23.8 Å². The average Bonchev–Trinajstić information content (AvgIpc) is 3.31. The number of hydrogen-bond donors (Lipinski definition) is 2. The maximum Gasteiger partial charge on any atom is 0.338 e. The Morgan fingerprint density at radius 1 is 1.20 bits per heavy atom. The molecule has 2 aromatic carbocycles. The minimum absolute atomic E-state index is 0.229. The van der Waals surface area contributed by atoms with Gasteiger partial charge in [-0.2, -0.15) is 0 Å². The third kappa shape index (κ3) is 5.62. The maximum absolute atomic E-state index is 14.1. The lowest BCUT2D eigenvalue weighted by atomic mass is 9.77. The summed E-state index contributed by atoms with van der Waals surface area (Å²) in [4.78, 5) is 15.8. The first-order valence-electron chi connectivity index (χ1n) is 11.1. The lowest BCUT2D eigenvalue weighted by Gasteiger charge is -2.29. The summed E-state index contributed by atoms with van der Waals surface area (Å²) in [5.74, 6) is -1.14. The Morgan fingerprint density at radius 3 is 2.63 bits per heavy atom. The van der Waals surface area contributed by atoms with E-state index >= 15 is 0 Å². The Hall–Kier alpha value is -3.04. The molecule has 0 saturated heterocycles. The second-order valence-electron chi connectivity index (χ2n) is 9.05. The van der Waals surface area contributed by atoms with Gasteiger partial charge in [0.1, 0.15) is 27.3 Å². The second kappa shape index (κ2) is 10.3. The van der Waals surface area contributed by atoms with Crippen LogP contribution in [0.2, 0.25) is 0 Å². The zero-order valence-electron chi connectivity index (χ0n) is 20.0. The van der Waals surface area contributed by atoms with E-state index in [0.29, 0.717) is 16.1 Å². The number of hydrogen-bond acceptors (Lipinski definition) is 7. The largest absolute Gasteiger partial charge is 0.496 e. The number of carboxylic acid groups (broad SMARTS) is 1. The topological polar surface area (TPSA) is 80.7 Å². The summed E-state index contributed by atoms with van der Waals surface area (Å²) in [6.07, 6.45) is 5.56. The van der Waals surface area contributed by atoms with Gasteiger partial charge in [-0.1, -0.05) is 32.1 Å². The van der Waals surface area contributed by atoms with Crippen LogP contribution in [0.3, 0.4) is 0 Å². The number of carboxylic acids is 1. The zero-order valence-corrected chi connectivity index (χ0v) is 21.6. The summed E-state index contributed by atoms with van der Waals surface area (Å²) in [6, 6.07) is 8.43. The minimum atomic E-state index is -1.35. The monoisotopic (exact) mass is 514 g/mol. The molecule has 0 atom stereocenters. The number of anilines is 1. The van der Waals surface area contributed by atoms with Crippen LogP contribution in [0, 0.1) is 11.2 Å². The molecule has 0 aliphatic heterocycles. The van der Waals surface area contributed by atoms with Crippen LogP contribution in [0.15, 0.2) is 46.8 Å². The van der Waals surface area contributed by atoms with Gasteiger partial charge in [-0.3, -0.25) is 0 Å². The van der Waals surface area contributed by atoms with Gasteiger partial charge in [0.2, 0.25) is 0 Å². The average molecular weight is 515 g/mol. The van der Waals surface area contributed by atoms with Crippen molar-refractivity contribution >= 4 is 40.5 Å². The number of halogens is 1. The van der Waals surface area contributed by atoms with Crippen LogP contribution in [0.25, 0.3) is 16.1 Å². The van der Waals surface area contributed by atoms with E-state index in [1.165, 1.54) is 36.0 Å². The third-order valence-corrected chi connectivity index (χ3v) is 7.82. The first-order valence-corrected chi connectivity index (χ1v) is 12.8. The molecular weight excluding hydrogens is 487 g/mol. The summed E-state index contributed by atoms with van der Waals surface area (Å²) >= 11 is 2.68. The van der Waals surface area contributed by atoms with Gasteiger partial charge >= 0.3 is 5.97 Å². The molecule has 1 aromatic heterocycles. The molecular formula is C26H27FN2O4S2. The van der Waals surface area contributed by atoms with Gasteiger partial charge in [0, 0.05) is 34.5 Å². The number of aromatic nitrogens is 1. The predicted octanol–water partition coefficient (Wildman–Crippen LogP) is 7.38. The number of ether oxygens (including phenoxy) is 2. The van der Waals surface area contributed by atoms with Crippen molar-refractivity contribution in [2.24, 2.45) is 5.41 Å². The number of rotatable bonds is 8. The van der Waals surface area contributed by atoms with Crippen LogP contribution in [0.1, 0.15) is 49.0 Å². The number of carbonyl (C=O) groups is 1.